The van der Waals surface area contributed by atoms with E-state index in [0.29, 0.717) is 11.7 Å². The van der Waals surface area contributed by atoms with Crippen molar-refractivity contribution in [3.8, 4) is 0 Å². The first-order valence-corrected chi connectivity index (χ1v) is 5.52. The van der Waals surface area contributed by atoms with E-state index in [1.165, 1.54) is 0 Å². The lowest BCUT2D eigenvalue weighted by Gasteiger charge is -2.26. The van der Waals surface area contributed by atoms with Crippen molar-refractivity contribution in [1.29, 1.82) is 0 Å². The Morgan fingerprint density at radius 1 is 1.44 bits per heavy atom. The summed E-state index contributed by atoms with van der Waals surface area (Å²) in [5.74, 6) is 1.04. The largest absolute Gasteiger partial charge is 0.373 e. The van der Waals surface area contributed by atoms with Crippen molar-refractivity contribution in [3.05, 3.63) is 11.7 Å². The highest BCUT2D eigenvalue weighted by molar-refractivity contribution is 4.98. The van der Waals surface area contributed by atoms with Crippen molar-refractivity contribution in [2.24, 2.45) is 11.1 Å². The topological polar surface area (TPSA) is 74.2 Å². The van der Waals surface area contributed by atoms with E-state index in [9.17, 15) is 0 Å². The maximum Gasteiger partial charge on any atom is 0.243 e. The van der Waals surface area contributed by atoms with Gasteiger partial charge in [0.15, 0.2) is 0 Å². The lowest BCUT2D eigenvalue weighted by Crippen LogP contribution is -2.21. The average Bonchev–Trinajstić information content (AvgIpc) is 2.64. The Labute approximate surface area is 96.4 Å². The number of nitrogens with zero attached hydrogens (tertiary/aromatic N) is 2. The molecule has 1 heterocycles. The van der Waals surface area contributed by atoms with Crippen LogP contribution in [0.2, 0.25) is 0 Å². The van der Waals surface area contributed by atoms with Gasteiger partial charge in [-0.15, -0.1) is 0 Å². The fourth-order valence-electron chi connectivity index (χ4n) is 1.53. The Morgan fingerprint density at radius 3 is 2.50 bits per heavy atom. The van der Waals surface area contributed by atoms with E-state index in [-0.39, 0.29) is 17.6 Å². The fraction of sp³-hybridized carbons (Fsp3) is 0.818. The standard InChI is InChI=1S/C11H21N3O2/c1-6-7(12)10-13-9(14-16-10)8(15-5)11(2,3)4/h7-8H,6,12H2,1-5H3/t7-,8?/m0/s1. The van der Waals surface area contributed by atoms with E-state index in [4.69, 9.17) is 15.0 Å². The maximum atomic E-state index is 5.82. The summed E-state index contributed by atoms with van der Waals surface area (Å²) in [6, 6.07) is -0.196. The zero-order valence-corrected chi connectivity index (χ0v) is 10.7. The normalized spacial score (nSPS) is 16.1. The van der Waals surface area contributed by atoms with Crippen LogP contribution < -0.4 is 5.73 Å². The van der Waals surface area contributed by atoms with Crippen LogP contribution in [0.25, 0.3) is 0 Å². The van der Waals surface area contributed by atoms with Gasteiger partial charge in [-0.3, -0.25) is 0 Å². The lowest BCUT2D eigenvalue weighted by atomic mass is 9.88. The summed E-state index contributed by atoms with van der Waals surface area (Å²) < 4.78 is 10.5. The molecule has 0 radical (unpaired) electrons. The summed E-state index contributed by atoms with van der Waals surface area (Å²) in [6.07, 6.45) is 0.587. The first kappa shape index (κ1) is 13.1. The fourth-order valence-corrected chi connectivity index (χ4v) is 1.53. The molecule has 1 aromatic rings. The lowest BCUT2D eigenvalue weighted by molar-refractivity contribution is 0.00718. The zero-order chi connectivity index (χ0) is 12.3. The van der Waals surface area contributed by atoms with Crippen molar-refractivity contribution in [3.63, 3.8) is 0 Å². The van der Waals surface area contributed by atoms with Gasteiger partial charge in [-0.25, -0.2) is 0 Å². The molecular weight excluding hydrogens is 206 g/mol. The third kappa shape index (κ3) is 2.80. The predicted octanol–water partition coefficient (Wildman–Crippen LogP) is 2.21. The molecule has 0 aromatic carbocycles. The van der Waals surface area contributed by atoms with Crippen LogP contribution >= 0.6 is 0 Å². The summed E-state index contributed by atoms with van der Waals surface area (Å²) in [5.41, 5.74) is 5.74. The molecule has 1 unspecified atom stereocenters. The number of methoxy groups -OCH3 is 1. The van der Waals surface area contributed by atoms with Gasteiger partial charge in [0.25, 0.3) is 0 Å². The molecule has 2 atom stereocenters. The Kier molecular flexibility index (Phi) is 4.04. The van der Waals surface area contributed by atoms with Crippen LogP contribution in [0, 0.1) is 5.41 Å². The highest BCUT2D eigenvalue weighted by atomic mass is 16.5. The second-order valence-corrected chi connectivity index (χ2v) is 4.99. The SMILES string of the molecule is CC[C@H](N)c1nc(C(OC)C(C)(C)C)no1. The van der Waals surface area contributed by atoms with Crippen LogP contribution in [0.3, 0.4) is 0 Å². The van der Waals surface area contributed by atoms with Crippen molar-refractivity contribution in [2.45, 2.75) is 46.3 Å². The molecule has 0 bridgehead atoms. The molecule has 0 aliphatic carbocycles. The van der Waals surface area contributed by atoms with Crippen molar-refractivity contribution >= 4 is 0 Å². The second kappa shape index (κ2) is 4.93. The van der Waals surface area contributed by atoms with Crippen LogP contribution in [-0.2, 0) is 4.74 Å². The summed E-state index contributed by atoms with van der Waals surface area (Å²) in [5, 5.41) is 3.93. The number of aromatic nitrogens is 2. The Morgan fingerprint density at radius 2 is 2.06 bits per heavy atom. The molecule has 0 saturated heterocycles. The van der Waals surface area contributed by atoms with E-state index in [1.807, 2.05) is 6.92 Å². The third-order valence-corrected chi connectivity index (χ3v) is 2.47. The number of hydrogen-bond acceptors (Lipinski definition) is 5. The van der Waals surface area contributed by atoms with Gasteiger partial charge in [0, 0.05) is 7.11 Å². The highest BCUT2D eigenvalue weighted by Crippen LogP contribution is 2.34. The van der Waals surface area contributed by atoms with E-state index < -0.39 is 0 Å². The van der Waals surface area contributed by atoms with Gasteiger partial charge in [-0.1, -0.05) is 32.9 Å². The number of rotatable bonds is 4. The molecule has 0 aliphatic heterocycles. The molecule has 0 saturated carbocycles. The summed E-state index contributed by atoms with van der Waals surface area (Å²) in [4.78, 5) is 4.29. The van der Waals surface area contributed by atoms with E-state index >= 15 is 0 Å². The molecule has 0 amide bonds. The second-order valence-electron chi connectivity index (χ2n) is 4.99. The van der Waals surface area contributed by atoms with Crippen molar-refractivity contribution in [2.75, 3.05) is 7.11 Å². The predicted molar refractivity (Wildman–Crippen MR) is 60.7 cm³/mol. The molecule has 1 aromatic heterocycles. The minimum absolute atomic E-state index is 0.0772. The van der Waals surface area contributed by atoms with Crippen molar-refractivity contribution < 1.29 is 9.26 Å². The van der Waals surface area contributed by atoms with Gasteiger partial charge in [0.2, 0.25) is 11.7 Å². The first-order chi connectivity index (χ1) is 7.40. The average molecular weight is 227 g/mol. The summed E-state index contributed by atoms with van der Waals surface area (Å²) >= 11 is 0. The van der Waals surface area contributed by atoms with Gasteiger partial charge in [0.05, 0.1) is 6.04 Å². The molecule has 0 aliphatic rings. The Bertz CT molecular complexity index is 330. The Balaban J connectivity index is 2.91. The third-order valence-electron chi connectivity index (χ3n) is 2.47. The van der Waals surface area contributed by atoms with Crippen LogP contribution in [-0.4, -0.2) is 17.3 Å². The summed E-state index contributed by atoms with van der Waals surface area (Å²) in [7, 11) is 1.64. The van der Waals surface area contributed by atoms with E-state index in [2.05, 4.69) is 30.9 Å². The molecular formula is C11H21N3O2. The highest BCUT2D eigenvalue weighted by Gasteiger charge is 2.31. The maximum absolute atomic E-state index is 5.82. The van der Waals surface area contributed by atoms with Crippen LogP contribution in [0.5, 0.6) is 0 Å². The monoisotopic (exact) mass is 227 g/mol. The van der Waals surface area contributed by atoms with Crippen LogP contribution in [0.4, 0.5) is 0 Å². The minimum atomic E-state index is -0.196. The van der Waals surface area contributed by atoms with Crippen molar-refractivity contribution in [1.82, 2.24) is 10.1 Å². The minimum Gasteiger partial charge on any atom is -0.373 e. The molecule has 1 rings (SSSR count). The van der Waals surface area contributed by atoms with Gasteiger partial charge in [0.1, 0.15) is 6.10 Å². The van der Waals surface area contributed by atoms with E-state index in [1.54, 1.807) is 7.11 Å². The number of hydrogen-bond donors (Lipinski definition) is 1. The first-order valence-electron chi connectivity index (χ1n) is 5.52. The number of nitrogens with two attached hydrogens (primary N) is 1. The molecule has 92 valence electrons. The molecule has 0 spiro atoms. The quantitative estimate of drug-likeness (QED) is 0.853. The van der Waals surface area contributed by atoms with Crippen LogP contribution in [0.15, 0.2) is 4.52 Å². The van der Waals surface area contributed by atoms with Gasteiger partial charge < -0.3 is 15.0 Å². The molecule has 16 heavy (non-hydrogen) atoms. The van der Waals surface area contributed by atoms with Gasteiger partial charge >= 0.3 is 0 Å². The van der Waals surface area contributed by atoms with E-state index in [0.717, 1.165) is 6.42 Å². The summed E-state index contributed by atoms with van der Waals surface area (Å²) in [6.45, 7) is 8.18. The smallest absolute Gasteiger partial charge is 0.243 e. The van der Waals surface area contributed by atoms with Gasteiger partial charge in [-0.05, 0) is 11.8 Å². The molecule has 0 fully saturated rings. The van der Waals surface area contributed by atoms with Gasteiger partial charge in [-0.2, -0.15) is 4.98 Å². The van der Waals surface area contributed by atoms with Crippen LogP contribution in [0.1, 0.15) is 58.0 Å². The molecule has 2 N–H and O–H groups in total. The molecule has 5 nitrogen and oxygen atoms in total. The molecule has 5 heteroatoms. The number of ether oxygens (including phenoxy) is 1. The Hall–Kier alpha value is -0.940. The zero-order valence-electron chi connectivity index (χ0n) is 10.7.